The Labute approximate surface area is 144 Å². The van der Waals surface area contributed by atoms with Crippen LogP contribution in [-0.4, -0.2) is 16.0 Å². The van der Waals surface area contributed by atoms with Gasteiger partial charge in [0.15, 0.2) is 0 Å². The number of anilines is 1. The lowest BCUT2D eigenvalue weighted by Crippen LogP contribution is -2.13. The molecule has 3 aromatic rings. The first-order chi connectivity index (χ1) is 12.0. The molecule has 0 atom stereocenters. The number of carbonyl (C=O) groups excluding carboxylic acids is 1. The third-order valence-corrected chi connectivity index (χ3v) is 3.78. The van der Waals surface area contributed by atoms with Gasteiger partial charge in [0.05, 0.1) is 0 Å². The molecule has 0 saturated heterocycles. The molecule has 128 valence electrons. The molecule has 0 bridgehead atoms. The predicted molar refractivity (Wildman–Crippen MR) is 92.6 cm³/mol. The van der Waals surface area contributed by atoms with E-state index in [1.165, 1.54) is 12.1 Å². The van der Waals surface area contributed by atoms with Gasteiger partial charge in [-0.2, -0.15) is 4.98 Å². The molecule has 1 aromatic heterocycles. The van der Waals surface area contributed by atoms with Gasteiger partial charge in [0.2, 0.25) is 17.6 Å². The van der Waals surface area contributed by atoms with E-state index in [1.54, 1.807) is 12.1 Å². The van der Waals surface area contributed by atoms with Crippen LogP contribution in [0.4, 0.5) is 10.1 Å². The number of aromatic nitrogens is 2. The lowest BCUT2D eigenvalue weighted by atomic mass is 10.1. The molecule has 0 spiro atoms. The molecule has 0 aliphatic carbocycles. The SMILES string of the molecule is Cc1ccc(C)c(NC(=O)CCc2nc(-c3cccc(F)c3)no2)c1. The lowest BCUT2D eigenvalue weighted by molar-refractivity contribution is -0.116. The number of aryl methyl sites for hydroxylation is 3. The van der Waals surface area contributed by atoms with Crippen molar-refractivity contribution in [3.8, 4) is 11.4 Å². The van der Waals surface area contributed by atoms with Crippen LogP contribution in [0.2, 0.25) is 0 Å². The minimum absolute atomic E-state index is 0.126. The van der Waals surface area contributed by atoms with Crippen LogP contribution >= 0.6 is 0 Å². The van der Waals surface area contributed by atoms with E-state index in [2.05, 4.69) is 15.5 Å². The summed E-state index contributed by atoms with van der Waals surface area (Å²) < 4.78 is 18.4. The molecular weight excluding hydrogens is 321 g/mol. The van der Waals surface area contributed by atoms with Gasteiger partial charge in [-0.05, 0) is 43.2 Å². The summed E-state index contributed by atoms with van der Waals surface area (Å²) in [6.07, 6.45) is 0.539. The first kappa shape index (κ1) is 16.8. The van der Waals surface area contributed by atoms with E-state index in [0.29, 0.717) is 23.7 Å². The molecule has 1 heterocycles. The second-order valence-electron chi connectivity index (χ2n) is 5.89. The molecule has 0 unspecified atom stereocenters. The molecule has 1 N–H and O–H groups in total. The van der Waals surface area contributed by atoms with Gasteiger partial charge in [-0.25, -0.2) is 4.39 Å². The van der Waals surface area contributed by atoms with Crippen molar-refractivity contribution in [2.24, 2.45) is 0 Å². The van der Waals surface area contributed by atoms with Crippen molar-refractivity contribution in [3.63, 3.8) is 0 Å². The Bertz CT molecular complexity index is 905. The smallest absolute Gasteiger partial charge is 0.227 e. The Morgan fingerprint density at radius 2 is 2.04 bits per heavy atom. The first-order valence-electron chi connectivity index (χ1n) is 7.97. The van der Waals surface area contributed by atoms with Crippen LogP contribution in [0.1, 0.15) is 23.4 Å². The van der Waals surface area contributed by atoms with E-state index < -0.39 is 0 Å². The highest BCUT2D eigenvalue weighted by Gasteiger charge is 2.12. The second-order valence-corrected chi connectivity index (χ2v) is 5.89. The molecule has 2 aromatic carbocycles. The average Bonchev–Trinajstić information content (AvgIpc) is 3.05. The summed E-state index contributed by atoms with van der Waals surface area (Å²) in [4.78, 5) is 16.3. The van der Waals surface area contributed by atoms with Gasteiger partial charge >= 0.3 is 0 Å². The molecule has 0 aliphatic rings. The van der Waals surface area contributed by atoms with Crippen molar-refractivity contribution < 1.29 is 13.7 Å². The number of amides is 1. The van der Waals surface area contributed by atoms with Gasteiger partial charge in [0.25, 0.3) is 0 Å². The quantitative estimate of drug-likeness (QED) is 0.761. The maximum Gasteiger partial charge on any atom is 0.227 e. The Hall–Kier alpha value is -3.02. The number of hydrogen-bond acceptors (Lipinski definition) is 4. The fourth-order valence-electron chi connectivity index (χ4n) is 2.40. The first-order valence-corrected chi connectivity index (χ1v) is 7.97. The summed E-state index contributed by atoms with van der Waals surface area (Å²) in [5.74, 6) is 0.163. The lowest BCUT2D eigenvalue weighted by Gasteiger charge is -2.08. The summed E-state index contributed by atoms with van der Waals surface area (Å²) >= 11 is 0. The van der Waals surface area contributed by atoms with E-state index in [9.17, 15) is 9.18 Å². The van der Waals surface area contributed by atoms with Crippen LogP contribution in [0.15, 0.2) is 47.0 Å². The number of halogens is 1. The van der Waals surface area contributed by atoms with E-state index in [1.807, 2.05) is 32.0 Å². The van der Waals surface area contributed by atoms with Gasteiger partial charge in [-0.15, -0.1) is 0 Å². The third-order valence-electron chi connectivity index (χ3n) is 3.78. The van der Waals surface area contributed by atoms with Crippen molar-refractivity contribution in [1.29, 1.82) is 0 Å². The van der Waals surface area contributed by atoms with Crippen LogP contribution in [0, 0.1) is 19.7 Å². The number of benzene rings is 2. The molecular formula is C19H18FN3O2. The van der Waals surface area contributed by atoms with E-state index in [-0.39, 0.29) is 18.1 Å². The molecule has 6 heteroatoms. The van der Waals surface area contributed by atoms with Gasteiger partial charge < -0.3 is 9.84 Å². The van der Waals surface area contributed by atoms with Crippen molar-refractivity contribution >= 4 is 11.6 Å². The van der Waals surface area contributed by atoms with E-state index >= 15 is 0 Å². The van der Waals surface area contributed by atoms with Gasteiger partial charge in [-0.1, -0.05) is 29.4 Å². The molecule has 3 rings (SSSR count). The predicted octanol–water partition coefficient (Wildman–Crippen LogP) is 4.06. The molecule has 0 aliphatic heterocycles. The number of nitrogens with zero attached hydrogens (tertiary/aromatic N) is 2. The molecule has 25 heavy (non-hydrogen) atoms. The monoisotopic (exact) mass is 339 g/mol. The summed E-state index contributed by atoms with van der Waals surface area (Å²) in [7, 11) is 0. The number of carbonyl (C=O) groups is 1. The minimum Gasteiger partial charge on any atom is -0.339 e. The van der Waals surface area contributed by atoms with Crippen molar-refractivity contribution in [2.45, 2.75) is 26.7 Å². The number of nitrogens with one attached hydrogen (secondary N) is 1. The van der Waals surface area contributed by atoms with Crippen molar-refractivity contribution in [2.75, 3.05) is 5.32 Å². The highest BCUT2D eigenvalue weighted by molar-refractivity contribution is 5.91. The summed E-state index contributed by atoms with van der Waals surface area (Å²) in [5, 5.41) is 6.72. The fraction of sp³-hybridized carbons (Fsp3) is 0.211. The van der Waals surface area contributed by atoms with Crippen LogP contribution in [0.5, 0.6) is 0 Å². The number of hydrogen-bond donors (Lipinski definition) is 1. The average molecular weight is 339 g/mol. The maximum absolute atomic E-state index is 13.2. The fourth-order valence-corrected chi connectivity index (χ4v) is 2.40. The third kappa shape index (κ3) is 4.29. The Morgan fingerprint density at radius 3 is 2.84 bits per heavy atom. The van der Waals surface area contributed by atoms with Gasteiger partial charge in [-0.3, -0.25) is 4.79 Å². The Kier molecular flexibility index (Phi) is 4.88. The zero-order valence-corrected chi connectivity index (χ0v) is 14.0. The normalized spacial score (nSPS) is 10.7. The van der Waals surface area contributed by atoms with Crippen LogP contribution in [0.25, 0.3) is 11.4 Å². The van der Waals surface area contributed by atoms with E-state index in [0.717, 1.165) is 16.8 Å². The molecule has 1 amide bonds. The summed E-state index contributed by atoms with van der Waals surface area (Å²) in [5.41, 5.74) is 3.42. The summed E-state index contributed by atoms with van der Waals surface area (Å²) in [6.45, 7) is 3.92. The van der Waals surface area contributed by atoms with Crippen LogP contribution < -0.4 is 5.32 Å². The van der Waals surface area contributed by atoms with Gasteiger partial charge in [0.1, 0.15) is 5.82 Å². The van der Waals surface area contributed by atoms with Crippen LogP contribution in [-0.2, 0) is 11.2 Å². The number of rotatable bonds is 5. The van der Waals surface area contributed by atoms with Crippen molar-refractivity contribution in [1.82, 2.24) is 10.1 Å². The standard InChI is InChI=1S/C19H18FN3O2/c1-12-6-7-13(2)16(10-12)21-17(24)8-9-18-22-19(23-25-18)14-4-3-5-15(20)11-14/h3-7,10-11H,8-9H2,1-2H3,(H,21,24). The zero-order chi connectivity index (χ0) is 17.8. The van der Waals surface area contributed by atoms with Crippen molar-refractivity contribution in [3.05, 3.63) is 65.3 Å². The van der Waals surface area contributed by atoms with Crippen LogP contribution in [0.3, 0.4) is 0 Å². The molecule has 0 fully saturated rings. The molecule has 0 radical (unpaired) electrons. The zero-order valence-electron chi connectivity index (χ0n) is 14.0. The maximum atomic E-state index is 13.2. The molecule has 5 nitrogen and oxygen atoms in total. The second kappa shape index (κ2) is 7.25. The Morgan fingerprint density at radius 1 is 1.20 bits per heavy atom. The largest absolute Gasteiger partial charge is 0.339 e. The highest BCUT2D eigenvalue weighted by Crippen LogP contribution is 2.18. The van der Waals surface area contributed by atoms with E-state index in [4.69, 9.17) is 4.52 Å². The Balaban J connectivity index is 1.60. The van der Waals surface area contributed by atoms with Gasteiger partial charge in [0, 0.05) is 24.1 Å². The highest BCUT2D eigenvalue weighted by atomic mass is 19.1. The summed E-state index contributed by atoms with van der Waals surface area (Å²) in [6, 6.07) is 11.9. The topological polar surface area (TPSA) is 68.0 Å². The minimum atomic E-state index is -0.364. The molecule has 0 saturated carbocycles.